The first-order valence-electron chi connectivity index (χ1n) is 7.96. The zero-order chi connectivity index (χ0) is 16.6. The quantitative estimate of drug-likeness (QED) is 0.864. The predicted octanol–water partition coefficient (Wildman–Crippen LogP) is 1.78. The molecule has 0 bridgehead atoms. The lowest BCUT2D eigenvalue weighted by Gasteiger charge is -2.39. The predicted molar refractivity (Wildman–Crippen MR) is 89.7 cm³/mol. The number of hydrogen-bond donors (Lipinski definition) is 0. The van der Waals surface area contributed by atoms with Crippen LogP contribution in [0.3, 0.4) is 0 Å². The number of anilines is 1. The van der Waals surface area contributed by atoms with Crippen molar-refractivity contribution in [2.45, 2.75) is 39.7 Å². The summed E-state index contributed by atoms with van der Waals surface area (Å²) in [5.74, 6) is 1.17. The molecule has 122 valence electrons. The summed E-state index contributed by atoms with van der Waals surface area (Å²) in [4.78, 5) is 22.9. The van der Waals surface area contributed by atoms with Crippen LogP contribution < -0.4 is 10.5 Å². The van der Waals surface area contributed by atoms with Crippen molar-refractivity contribution < 1.29 is 0 Å². The molecule has 0 unspecified atom stereocenters. The van der Waals surface area contributed by atoms with Crippen molar-refractivity contribution in [3.63, 3.8) is 0 Å². The summed E-state index contributed by atoms with van der Waals surface area (Å²) in [5.41, 5.74) is 1.81. The molecule has 1 aliphatic rings. The highest BCUT2D eigenvalue weighted by molar-refractivity contribution is 5.34. The average Bonchev–Trinajstić information content (AvgIpc) is 2.42. The molecule has 0 N–H and O–H groups in total. The van der Waals surface area contributed by atoms with Crippen LogP contribution in [-0.2, 0) is 12.0 Å². The Kier molecular flexibility index (Phi) is 3.92. The number of rotatable bonds is 3. The fraction of sp³-hybridized carbons (Fsp3) is 0.529. The Morgan fingerprint density at radius 2 is 1.96 bits per heavy atom. The second-order valence-electron chi connectivity index (χ2n) is 7.26. The Balaban J connectivity index is 1.67. The molecule has 0 amide bonds. The van der Waals surface area contributed by atoms with Crippen molar-refractivity contribution in [3.05, 3.63) is 46.1 Å². The Morgan fingerprint density at radius 3 is 2.61 bits per heavy atom. The normalized spacial score (nSPS) is 15.6. The molecule has 0 aliphatic carbocycles. The first kappa shape index (κ1) is 15.6. The molecule has 1 fully saturated rings. The van der Waals surface area contributed by atoms with Gasteiger partial charge in [-0.1, -0.05) is 20.8 Å². The molecule has 0 atom stereocenters. The number of aromatic nitrogens is 4. The minimum Gasteiger partial charge on any atom is -0.340 e. The zero-order valence-electron chi connectivity index (χ0n) is 14.2. The van der Waals surface area contributed by atoms with Crippen molar-refractivity contribution in [2.24, 2.45) is 5.92 Å². The van der Waals surface area contributed by atoms with E-state index in [0.29, 0.717) is 12.5 Å². The molecule has 6 nitrogen and oxygen atoms in total. The van der Waals surface area contributed by atoms with E-state index in [1.807, 2.05) is 19.1 Å². The van der Waals surface area contributed by atoms with Gasteiger partial charge < -0.3 is 4.90 Å². The molecule has 1 aliphatic heterocycles. The molecule has 0 radical (unpaired) electrons. The van der Waals surface area contributed by atoms with E-state index >= 15 is 0 Å². The highest BCUT2D eigenvalue weighted by Gasteiger charge is 2.29. The van der Waals surface area contributed by atoms with Crippen LogP contribution in [0.5, 0.6) is 0 Å². The summed E-state index contributed by atoms with van der Waals surface area (Å²) < 4.78 is 1.60. The molecule has 3 rings (SSSR count). The molecule has 6 heteroatoms. The lowest BCUT2D eigenvalue weighted by Crippen LogP contribution is -2.50. The van der Waals surface area contributed by atoms with Crippen molar-refractivity contribution in [2.75, 3.05) is 18.0 Å². The van der Waals surface area contributed by atoms with Gasteiger partial charge in [0, 0.05) is 42.4 Å². The Labute approximate surface area is 136 Å². The smallest absolute Gasteiger partial charge is 0.266 e. The Bertz CT molecular complexity index is 756. The van der Waals surface area contributed by atoms with E-state index in [-0.39, 0.29) is 11.0 Å². The lowest BCUT2D eigenvalue weighted by molar-refractivity contribution is 0.326. The van der Waals surface area contributed by atoms with Crippen LogP contribution in [-0.4, -0.2) is 32.8 Å². The highest BCUT2D eigenvalue weighted by Crippen LogP contribution is 2.22. The second-order valence-corrected chi connectivity index (χ2v) is 7.26. The van der Waals surface area contributed by atoms with Crippen molar-refractivity contribution in [1.29, 1.82) is 0 Å². The molecule has 0 saturated carbocycles. The Morgan fingerprint density at radius 1 is 1.22 bits per heavy atom. The van der Waals surface area contributed by atoms with E-state index in [1.165, 1.54) is 0 Å². The van der Waals surface area contributed by atoms with Gasteiger partial charge in [-0.15, -0.1) is 0 Å². The number of hydrogen-bond acceptors (Lipinski definition) is 5. The maximum atomic E-state index is 12.0. The van der Waals surface area contributed by atoms with Gasteiger partial charge in [-0.25, -0.2) is 14.6 Å². The van der Waals surface area contributed by atoms with Gasteiger partial charge in [0.15, 0.2) is 0 Å². The topological polar surface area (TPSA) is 63.9 Å². The van der Waals surface area contributed by atoms with Crippen LogP contribution in [0, 0.1) is 12.8 Å². The molecule has 0 spiro atoms. The van der Waals surface area contributed by atoms with Gasteiger partial charge in [-0.05, 0) is 19.1 Å². The van der Waals surface area contributed by atoms with Crippen LogP contribution in [0.25, 0.3) is 0 Å². The van der Waals surface area contributed by atoms with Gasteiger partial charge in [0.2, 0.25) is 5.95 Å². The van der Waals surface area contributed by atoms with Gasteiger partial charge in [0.25, 0.3) is 5.56 Å². The number of nitrogens with zero attached hydrogens (tertiary/aromatic N) is 5. The van der Waals surface area contributed by atoms with E-state index in [0.717, 1.165) is 30.4 Å². The van der Waals surface area contributed by atoms with Gasteiger partial charge >= 0.3 is 0 Å². The first-order valence-corrected chi connectivity index (χ1v) is 7.96. The van der Waals surface area contributed by atoms with E-state index in [9.17, 15) is 4.79 Å². The molecular formula is C17H23N5O. The van der Waals surface area contributed by atoms with E-state index in [2.05, 4.69) is 40.7 Å². The van der Waals surface area contributed by atoms with Crippen LogP contribution >= 0.6 is 0 Å². The average molecular weight is 313 g/mol. The Hall–Kier alpha value is -2.24. The molecule has 0 aromatic carbocycles. The second kappa shape index (κ2) is 5.76. The summed E-state index contributed by atoms with van der Waals surface area (Å²) >= 11 is 0. The zero-order valence-corrected chi connectivity index (χ0v) is 14.2. The summed E-state index contributed by atoms with van der Waals surface area (Å²) in [6, 6.07) is 5.34. The maximum absolute atomic E-state index is 12.0. The largest absolute Gasteiger partial charge is 0.340 e. The number of aryl methyl sites for hydroxylation is 1. The van der Waals surface area contributed by atoms with Gasteiger partial charge in [0.1, 0.15) is 0 Å². The van der Waals surface area contributed by atoms with Crippen LogP contribution in [0.4, 0.5) is 5.95 Å². The fourth-order valence-electron chi connectivity index (χ4n) is 2.66. The molecule has 3 heterocycles. The third kappa shape index (κ3) is 3.41. The van der Waals surface area contributed by atoms with Crippen LogP contribution in [0.15, 0.2) is 29.2 Å². The molecule has 1 saturated heterocycles. The summed E-state index contributed by atoms with van der Waals surface area (Å²) in [5, 5.41) is 4.53. The van der Waals surface area contributed by atoms with Gasteiger partial charge in [0.05, 0.1) is 12.2 Å². The van der Waals surface area contributed by atoms with E-state index in [1.54, 1.807) is 16.9 Å². The van der Waals surface area contributed by atoms with Crippen LogP contribution in [0.1, 0.15) is 32.2 Å². The summed E-state index contributed by atoms with van der Waals surface area (Å²) in [6.07, 6.45) is 1.78. The SMILES string of the molecule is Cc1ccnc(N2CC(Cn3nc(C(C)(C)C)ccc3=O)C2)n1. The van der Waals surface area contributed by atoms with Crippen molar-refractivity contribution >= 4 is 5.95 Å². The van der Waals surface area contributed by atoms with E-state index in [4.69, 9.17) is 0 Å². The minimum atomic E-state index is -0.0590. The maximum Gasteiger partial charge on any atom is 0.266 e. The minimum absolute atomic E-state index is 0.0387. The fourth-order valence-corrected chi connectivity index (χ4v) is 2.66. The summed E-state index contributed by atoms with van der Waals surface area (Å²) in [6.45, 7) is 10.6. The summed E-state index contributed by atoms with van der Waals surface area (Å²) in [7, 11) is 0. The third-order valence-electron chi connectivity index (χ3n) is 4.09. The lowest BCUT2D eigenvalue weighted by atomic mass is 9.92. The molecular weight excluding hydrogens is 290 g/mol. The molecule has 23 heavy (non-hydrogen) atoms. The van der Waals surface area contributed by atoms with Crippen molar-refractivity contribution in [1.82, 2.24) is 19.7 Å². The standard InChI is InChI=1S/C17H23N5O/c1-12-7-8-18-16(19-12)21-9-13(10-21)11-22-15(23)6-5-14(20-22)17(2,3)4/h5-8,13H,9-11H2,1-4H3. The van der Waals surface area contributed by atoms with Gasteiger partial charge in [-0.2, -0.15) is 5.10 Å². The molecule has 2 aromatic heterocycles. The monoisotopic (exact) mass is 313 g/mol. The van der Waals surface area contributed by atoms with E-state index < -0.39 is 0 Å². The molecule has 2 aromatic rings. The first-order chi connectivity index (χ1) is 10.8. The van der Waals surface area contributed by atoms with Gasteiger partial charge in [-0.3, -0.25) is 4.79 Å². The van der Waals surface area contributed by atoms with Crippen molar-refractivity contribution in [3.8, 4) is 0 Å². The third-order valence-corrected chi connectivity index (χ3v) is 4.09. The highest BCUT2D eigenvalue weighted by atomic mass is 16.1. The van der Waals surface area contributed by atoms with Crippen LogP contribution in [0.2, 0.25) is 0 Å².